The first-order valence-corrected chi connectivity index (χ1v) is 6.53. The van der Waals surface area contributed by atoms with E-state index >= 15 is 0 Å². The zero-order chi connectivity index (χ0) is 13.8. The number of aromatic nitrogens is 1. The van der Waals surface area contributed by atoms with Crippen molar-refractivity contribution in [2.24, 2.45) is 0 Å². The number of hydrogen-bond acceptors (Lipinski definition) is 5. The van der Waals surface area contributed by atoms with Crippen molar-refractivity contribution < 1.29 is 18.9 Å². The molecule has 0 aliphatic carbocycles. The quantitative estimate of drug-likeness (QED) is 0.583. The Morgan fingerprint density at radius 1 is 1.00 bits per heavy atom. The van der Waals surface area contributed by atoms with Gasteiger partial charge in [-0.05, 0) is 12.1 Å². The number of halogens is 1. The van der Waals surface area contributed by atoms with E-state index < -0.39 is 0 Å². The molecule has 0 atom stereocenters. The minimum atomic E-state index is 0.439. The molecule has 0 saturated heterocycles. The van der Waals surface area contributed by atoms with Gasteiger partial charge in [-0.3, -0.25) is 4.98 Å². The van der Waals surface area contributed by atoms with Crippen LogP contribution in [0.25, 0.3) is 0 Å². The van der Waals surface area contributed by atoms with Gasteiger partial charge in [-0.2, -0.15) is 0 Å². The van der Waals surface area contributed by atoms with E-state index in [0.717, 1.165) is 5.69 Å². The summed E-state index contributed by atoms with van der Waals surface area (Å²) in [5, 5.41) is 0.665. The second-order valence-electron chi connectivity index (χ2n) is 3.74. The number of methoxy groups -OCH3 is 1. The van der Waals surface area contributed by atoms with Crippen molar-refractivity contribution >= 4 is 11.6 Å². The van der Waals surface area contributed by atoms with E-state index in [4.69, 9.17) is 30.5 Å². The SMILES string of the molecule is COCCOCCOCCOCc1cc(Cl)ccn1. The summed E-state index contributed by atoms with van der Waals surface area (Å²) in [6.07, 6.45) is 1.66. The summed E-state index contributed by atoms with van der Waals surface area (Å²) in [7, 11) is 1.64. The zero-order valence-corrected chi connectivity index (χ0v) is 11.9. The van der Waals surface area contributed by atoms with Gasteiger partial charge in [-0.15, -0.1) is 0 Å². The highest BCUT2D eigenvalue weighted by molar-refractivity contribution is 6.30. The molecule has 0 spiro atoms. The number of hydrogen-bond donors (Lipinski definition) is 0. The summed E-state index contributed by atoms with van der Waals surface area (Å²) in [5.41, 5.74) is 0.815. The van der Waals surface area contributed by atoms with Gasteiger partial charge in [-0.1, -0.05) is 11.6 Å². The molecule has 0 fully saturated rings. The van der Waals surface area contributed by atoms with Crippen molar-refractivity contribution in [2.75, 3.05) is 46.8 Å². The average molecular weight is 290 g/mol. The monoisotopic (exact) mass is 289 g/mol. The summed E-state index contributed by atoms with van der Waals surface area (Å²) in [5.74, 6) is 0. The minimum Gasteiger partial charge on any atom is -0.382 e. The van der Waals surface area contributed by atoms with Gasteiger partial charge in [-0.25, -0.2) is 0 Å². The molecule has 0 aliphatic heterocycles. The fourth-order valence-corrected chi connectivity index (χ4v) is 1.47. The molecule has 1 aromatic heterocycles. The number of rotatable bonds is 11. The molecule has 1 rings (SSSR count). The molecule has 108 valence electrons. The third kappa shape index (κ3) is 8.91. The van der Waals surface area contributed by atoms with E-state index in [0.29, 0.717) is 51.3 Å². The van der Waals surface area contributed by atoms with Gasteiger partial charge in [0.25, 0.3) is 0 Å². The van der Waals surface area contributed by atoms with Crippen LogP contribution in [0.15, 0.2) is 18.3 Å². The molecule has 0 unspecified atom stereocenters. The highest BCUT2D eigenvalue weighted by Crippen LogP contribution is 2.08. The van der Waals surface area contributed by atoms with E-state index in [9.17, 15) is 0 Å². The van der Waals surface area contributed by atoms with E-state index in [1.165, 1.54) is 0 Å². The van der Waals surface area contributed by atoms with Gasteiger partial charge in [0.05, 0.1) is 51.9 Å². The molecular weight excluding hydrogens is 270 g/mol. The molecule has 0 aliphatic rings. The second-order valence-corrected chi connectivity index (χ2v) is 4.17. The maximum atomic E-state index is 5.84. The number of ether oxygens (including phenoxy) is 4. The molecule has 0 bridgehead atoms. The molecule has 0 aromatic carbocycles. The van der Waals surface area contributed by atoms with E-state index in [1.54, 1.807) is 25.4 Å². The van der Waals surface area contributed by atoms with Crippen LogP contribution in [0.2, 0.25) is 5.02 Å². The van der Waals surface area contributed by atoms with E-state index in [-0.39, 0.29) is 0 Å². The van der Waals surface area contributed by atoms with Crippen LogP contribution >= 0.6 is 11.6 Å². The Morgan fingerprint density at radius 3 is 2.26 bits per heavy atom. The van der Waals surface area contributed by atoms with Crippen LogP contribution in [0.1, 0.15) is 5.69 Å². The smallest absolute Gasteiger partial charge is 0.0889 e. The molecule has 6 heteroatoms. The van der Waals surface area contributed by atoms with Crippen LogP contribution in [-0.4, -0.2) is 51.7 Å². The summed E-state index contributed by atoms with van der Waals surface area (Å²) < 4.78 is 20.8. The standard InChI is InChI=1S/C13H20ClNO4/c1-16-4-5-17-6-7-18-8-9-19-11-13-10-12(14)2-3-15-13/h2-3,10H,4-9,11H2,1H3. The molecule has 0 saturated carbocycles. The number of pyridine rings is 1. The Bertz CT molecular complexity index is 338. The predicted octanol–water partition coefficient (Wildman–Crippen LogP) is 1.93. The first kappa shape index (κ1) is 16.3. The molecule has 1 heterocycles. The lowest BCUT2D eigenvalue weighted by molar-refractivity contribution is 0.000469. The maximum Gasteiger partial charge on any atom is 0.0889 e. The molecular formula is C13H20ClNO4. The van der Waals surface area contributed by atoms with Crippen LogP contribution in [-0.2, 0) is 25.6 Å². The highest BCUT2D eigenvalue weighted by Gasteiger charge is 1.96. The predicted molar refractivity (Wildman–Crippen MR) is 72.4 cm³/mol. The molecule has 1 aromatic rings. The average Bonchev–Trinajstić information content (AvgIpc) is 2.41. The lowest BCUT2D eigenvalue weighted by Crippen LogP contribution is -2.11. The lowest BCUT2D eigenvalue weighted by atomic mass is 10.4. The van der Waals surface area contributed by atoms with Gasteiger partial charge >= 0.3 is 0 Å². The fourth-order valence-electron chi connectivity index (χ4n) is 1.29. The molecule has 5 nitrogen and oxygen atoms in total. The normalized spacial score (nSPS) is 10.8. The lowest BCUT2D eigenvalue weighted by Gasteiger charge is -2.06. The van der Waals surface area contributed by atoms with Crippen molar-refractivity contribution in [1.29, 1.82) is 0 Å². The topological polar surface area (TPSA) is 49.8 Å². The first-order chi connectivity index (χ1) is 9.33. The Morgan fingerprint density at radius 2 is 1.63 bits per heavy atom. The third-order valence-electron chi connectivity index (χ3n) is 2.20. The fraction of sp³-hybridized carbons (Fsp3) is 0.615. The number of nitrogens with zero attached hydrogens (tertiary/aromatic N) is 1. The van der Waals surface area contributed by atoms with Crippen molar-refractivity contribution in [2.45, 2.75) is 6.61 Å². The van der Waals surface area contributed by atoms with Gasteiger partial charge in [0.1, 0.15) is 0 Å². The van der Waals surface area contributed by atoms with Crippen LogP contribution in [0.4, 0.5) is 0 Å². The van der Waals surface area contributed by atoms with Gasteiger partial charge in [0.15, 0.2) is 0 Å². The van der Waals surface area contributed by atoms with Gasteiger partial charge in [0, 0.05) is 18.3 Å². The van der Waals surface area contributed by atoms with E-state index in [1.807, 2.05) is 0 Å². The maximum absolute atomic E-state index is 5.84. The Kier molecular flexibility index (Phi) is 9.57. The van der Waals surface area contributed by atoms with Crippen molar-refractivity contribution in [3.8, 4) is 0 Å². The van der Waals surface area contributed by atoms with Crippen LogP contribution in [0, 0.1) is 0 Å². The Labute approximate surface area is 118 Å². The van der Waals surface area contributed by atoms with Crippen LogP contribution in [0.3, 0.4) is 0 Å². The van der Waals surface area contributed by atoms with Crippen LogP contribution in [0.5, 0.6) is 0 Å². The largest absolute Gasteiger partial charge is 0.382 e. The molecule has 0 radical (unpaired) electrons. The van der Waals surface area contributed by atoms with Crippen molar-refractivity contribution in [1.82, 2.24) is 4.98 Å². The molecule has 0 amide bonds. The molecule has 0 N–H and O–H groups in total. The third-order valence-corrected chi connectivity index (χ3v) is 2.44. The summed E-state index contributed by atoms with van der Waals surface area (Å²) in [6, 6.07) is 3.52. The zero-order valence-electron chi connectivity index (χ0n) is 11.1. The summed E-state index contributed by atoms with van der Waals surface area (Å²) in [4.78, 5) is 4.13. The van der Waals surface area contributed by atoms with Crippen LogP contribution < -0.4 is 0 Å². The van der Waals surface area contributed by atoms with Crippen molar-refractivity contribution in [3.63, 3.8) is 0 Å². The first-order valence-electron chi connectivity index (χ1n) is 6.15. The van der Waals surface area contributed by atoms with Gasteiger partial charge in [0.2, 0.25) is 0 Å². The summed E-state index contributed by atoms with van der Waals surface area (Å²) in [6.45, 7) is 3.82. The minimum absolute atomic E-state index is 0.439. The Hall–Kier alpha value is -0.720. The molecule has 19 heavy (non-hydrogen) atoms. The van der Waals surface area contributed by atoms with Gasteiger partial charge < -0.3 is 18.9 Å². The van der Waals surface area contributed by atoms with Crippen molar-refractivity contribution in [3.05, 3.63) is 29.0 Å². The Balaban J connectivity index is 1.89. The van der Waals surface area contributed by atoms with E-state index in [2.05, 4.69) is 4.98 Å². The highest BCUT2D eigenvalue weighted by atomic mass is 35.5. The second kappa shape index (κ2) is 11.1. The summed E-state index contributed by atoms with van der Waals surface area (Å²) >= 11 is 5.84.